The predicted octanol–water partition coefficient (Wildman–Crippen LogP) is 0.893. The molecule has 0 fully saturated rings. The second-order valence-corrected chi connectivity index (χ2v) is 4.13. The first kappa shape index (κ1) is 9.52. The standard InChI is InChI=1S/C10H9BrO3/c11-7-2-4-8-6(5-7)1-3-9(14-8)10(12)13/h2,4-5,9H,1,3H2,(H,12,13)/p-1/t9-/m0/s1. The van der Waals surface area contributed by atoms with Crippen molar-refractivity contribution in [3.05, 3.63) is 28.2 Å². The summed E-state index contributed by atoms with van der Waals surface area (Å²) in [5.74, 6) is -0.493. The fraction of sp³-hybridized carbons (Fsp3) is 0.300. The predicted molar refractivity (Wildman–Crippen MR) is 51.9 cm³/mol. The number of hydrogen-bond acceptors (Lipinski definition) is 3. The number of hydrogen-bond donors (Lipinski definition) is 0. The van der Waals surface area contributed by atoms with Gasteiger partial charge in [0.2, 0.25) is 0 Å². The van der Waals surface area contributed by atoms with Gasteiger partial charge in [0.25, 0.3) is 0 Å². The maximum Gasteiger partial charge on any atom is 0.138 e. The molecule has 1 aromatic rings. The van der Waals surface area contributed by atoms with Crippen molar-refractivity contribution in [2.75, 3.05) is 0 Å². The highest BCUT2D eigenvalue weighted by Crippen LogP contribution is 2.29. The highest BCUT2D eigenvalue weighted by Gasteiger charge is 2.20. The van der Waals surface area contributed by atoms with Crippen molar-refractivity contribution in [3.63, 3.8) is 0 Å². The van der Waals surface area contributed by atoms with Crippen LogP contribution in [0.4, 0.5) is 0 Å². The number of ether oxygens (including phenoxy) is 1. The van der Waals surface area contributed by atoms with Gasteiger partial charge in [0, 0.05) is 4.47 Å². The van der Waals surface area contributed by atoms with Gasteiger partial charge in [-0.05, 0) is 36.6 Å². The molecule has 2 rings (SSSR count). The molecule has 14 heavy (non-hydrogen) atoms. The molecule has 1 atom stereocenters. The molecular weight excluding hydrogens is 248 g/mol. The molecule has 0 radical (unpaired) electrons. The molecule has 0 spiro atoms. The van der Waals surface area contributed by atoms with Gasteiger partial charge in [-0.25, -0.2) is 0 Å². The maximum atomic E-state index is 10.6. The quantitative estimate of drug-likeness (QED) is 0.749. The number of carboxylic acid groups (broad SMARTS) is 1. The van der Waals surface area contributed by atoms with Crippen LogP contribution in [0.5, 0.6) is 5.75 Å². The fourth-order valence-electron chi connectivity index (χ4n) is 1.52. The van der Waals surface area contributed by atoms with E-state index in [0.29, 0.717) is 18.6 Å². The Balaban J connectivity index is 2.27. The second kappa shape index (κ2) is 3.61. The van der Waals surface area contributed by atoms with Gasteiger partial charge >= 0.3 is 0 Å². The van der Waals surface area contributed by atoms with E-state index in [1.165, 1.54) is 0 Å². The molecule has 0 N–H and O–H groups in total. The van der Waals surface area contributed by atoms with E-state index in [9.17, 15) is 9.90 Å². The molecule has 0 bridgehead atoms. The Hall–Kier alpha value is -1.03. The molecule has 0 saturated heterocycles. The lowest BCUT2D eigenvalue weighted by molar-refractivity contribution is -0.314. The second-order valence-electron chi connectivity index (χ2n) is 3.22. The van der Waals surface area contributed by atoms with Crippen LogP contribution in [-0.4, -0.2) is 12.1 Å². The van der Waals surface area contributed by atoms with Gasteiger partial charge in [-0.2, -0.15) is 0 Å². The average Bonchev–Trinajstić information content (AvgIpc) is 2.16. The van der Waals surface area contributed by atoms with E-state index in [1.54, 1.807) is 6.07 Å². The number of carboxylic acids is 1. The number of halogens is 1. The Morgan fingerprint density at radius 2 is 2.36 bits per heavy atom. The van der Waals surface area contributed by atoms with Crippen molar-refractivity contribution in [1.29, 1.82) is 0 Å². The number of fused-ring (bicyclic) bond motifs is 1. The van der Waals surface area contributed by atoms with E-state index < -0.39 is 12.1 Å². The first-order chi connectivity index (χ1) is 6.66. The molecule has 74 valence electrons. The van der Waals surface area contributed by atoms with Crippen LogP contribution in [0.1, 0.15) is 12.0 Å². The largest absolute Gasteiger partial charge is 0.546 e. The van der Waals surface area contributed by atoms with E-state index in [1.807, 2.05) is 12.1 Å². The SMILES string of the molecule is O=C([O-])[C@@H]1CCc2cc(Br)ccc2O1. The Labute approximate surface area is 89.8 Å². The van der Waals surface area contributed by atoms with Crippen LogP contribution in [0.2, 0.25) is 0 Å². The first-order valence-electron chi connectivity index (χ1n) is 4.33. The third-order valence-corrected chi connectivity index (χ3v) is 2.72. The van der Waals surface area contributed by atoms with E-state index in [-0.39, 0.29) is 0 Å². The number of rotatable bonds is 1. The van der Waals surface area contributed by atoms with E-state index in [0.717, 1.165) is 10.0 Å². The average molecular weight is 256 g/mol. The van der Waals surface area contributed by atoms with Crippen molar-refractivity contribution < 1.29 is 14.6 Å². The van der Waals surface area contributed by atoms with Gasteiger partial charge in [-0.3, -0.25) is 0 Å². The molecule has 4 heteroatoms. The fourth-order valence-corrected chi connectivity index (χ4v) is 1.93. The normalized spacial score (nSPS) is 19.6. The van der Waals surface area contributed by atoms with Crippen molar-refractivity contribution >= 4 is 21.9 Å². The molecule has 0 aliphatic carbocycles. The summed E-state index contributed by atoms with van der Waals surface area (Å²) in [6.07, 6.45) is 0.392. The third-order valence-electron chi connectivity index (χ3n) is 2.23. The minimum atomic E-state index is -1.14. The monoisotopic (exact) mass is 255 g/mol. The van der Waals surface area contributed by atoms with Crippen LogP contribution in [0.15, 0.2) is 22.7 Å². The first-order valence-corrected chi connectivity index (χ1v) is 5.12. The summed E-state index contributed by atoms with van der Waals surface area (Å²) in [5.41, 5.74) is 1.04. The smallest absolute Gasteiger partial charge is 0.138 e. The Morgan fingerprint density at radius 3 is 3.07 bits per heavy atom. The third kappa shape index (κ3) is 1.75. The molecule has 0 unspecified atom stereocenters. The van der Waals surface area contributed by atoms with Gasteiger partial charge in [0.05, 0.1) is 5.97 Å². The molecule has 0 saturated carbocycles. The highest BCUT2D eigenvalue weighted by molar-refractivity contribution is 9.10. The zero-order valence-corrected chi connectivity index (χ0v) is 8.91. The summed E-state index contributed by atoms with van der Waals surface area (Å²) < 4.78 is 6.24. The molecule has 1 aromatic carbocycles. The van der Waals surface area contributed by atoms with Crippen LogP contribution in [0, 0.1) is 0 Å². The summed E-state index contributed by atoms with van der Waals surface area (Å²) in [4.78, 5) is 10.6. The minimum absolute atomic E-state index is 0.478. The van der Waals surface area contributed by atoms with Crippen molar-refractivity contribution in [1.82, 2.24) is 0 Å². The number of carbonyl (C=O) groups is 1. The molecule has 1 aliphatic heterocycles. The van der Waals surface area contributed by atoms with Crippen molar-refractivity contribution in [2.24, 2.45) is 0 Å². The van der Waals surface area contributed by atoms with Gasteiger partial charge in [0.15, 0.2) is 0 Å². The summed E-state index contributed by atoms with van der Waals surface area (Å²) >= 11 is 3.35. The van der Waals surface area contributed by atoms with E-state index in [4.69, 9.17) is 4.74 Å². The lowest BCUT2D eigenvalue weighted by atomic mass is 10.0. The van der Waals surface area contributed by atoms with E-state index >= 15 is 0 Å². The number of carbonyl (C=O) groups excluding carboxylic acids is 1. The Bertz CT molecular complexity index is 376. The number of benzene rings is 1. The van der Waals surface area contributed by atoms with Gasteiger partial charge in [-0.15, -0.1) is 0 Å². The lowest BCUT2D eigenvalue weighted by Gasteiger charge is -2.26. The zero-order valence-electron chi connectivity index (χ0n) is 7.33. The van der Waals surface area contributed by atoms with Gasteiger partial charge in [-0.1, -0.05) is 15.9 Å². The van der Waals surface area contributed by atoms with Gasteiger partial charge in [0.1, 0.15) is 11.9 Å². The summed E-state index contributed by atoms with van der Waals surface area (Å²) in [6, 6.07) is 5.55. The zero-order chi connectivity index (χ0) is 10.1. The molecule has 1 aliphatic rings. The molecule has 3 nitrogen and oxygen atoms in total. The molecule has 1 heterocycles. The Morgan fingerprint density at radius 1 is 1.57 bits per heavy atom. The van der Waals surface area contributed by atoms with Crippen LogP contribution < -0.4 is 9.84 Å². The minimum Gasteiger partial charge on any atom is -0.546 e. The van der Waals surface area contributed by atoms with Crippen LogP contribution in [0.3, 0.4) is 0 Å². The summed E-state index contributed by atoms with van der Waals surface area (Å²) in [7, 11) is 0. The molecule has 0 aromatic heterocycles. The highest BCUT2D eigenvalue weighted by atomic mass is 79.9. The Kier molecular flexibility index (Phi) is 2.46. The lowest BCUT2D eigenvalue weighted by Crippen LogP contribution is -2.41. The summed E-state index contributed by atoms with van der Waals surface area (Å²) in [5, 5.41) is 10.6. The van der Waals surface area contributed by atoms with Crippen molar-refractivity contribution in [2.45, 2.75) is 18.9 Å². The summed E-state index contributed by atoms with van der Waals surface area (Å²) in [6.45, 7) is 0. The van der Waals surface area contributed by atoms with Gasteiger partial charge < -0.3 is 14.6 Å². The number of aliphatic carboxylic acids is 1. The molecule has 0 amide bonds. The molecular formula is C10H8BrO3-. The number of aryl methyl sites for hydroxylation is 1. The van der Waals surface area contributed by atoms with Crippen LogP contribution in [0.25, 0.3) is 0 Å². The maximum absolute atomic E-state index is 10.6. The van der Waals surface area contributed by atoms with Crippen LogP contribution >= 0.6 is 15.9 Å². The van der Waals surface area contributed by atoms with Crippen LogP contribution in [-0.2, 0) is 11.2 Å². The van der Waals surface area contributed by atoms with Crippen molar-refractivity contribution in [3.8, 4) is 5.75 Å². The topological polar surface area (TPSA) is 49.4 Å². The van der Waals surface area contributed by atoms with E-state index in [2.05, 4.69) is 15.9 Å².